The second-order valence-corrected chi connectivity index (χ2v) is 8.56. The van der Waals surface area contributed by atoms with Crippen LogP contribution in [0.1, 0.15) is 18.2 Å². The fourth-order valence-corrected chi connectivity index (χ4v) is 4.85. The van der Waals surface area contributed by atoms with Gasteiger partial charge in [-0.25, -0.2) is 0 Å². The van der Waals surface area contributed by atoms with Crippen LogP contribution in [-0.4, -0.2) is 65.2 Å². The molecular weight excluding hydrogens is 430 g/mol. The number of rotatable bonds is 5. The van der Waals surface area contributed by atoms with Crippen molar-refractivity contribution in [3.8, 4) is 11.8 Å². The topological polar surface area (TPSA) is 82.0 Å². The number of amides is 1. The lowest BCUT2D eigenvalue weighted by atomic mass is 10.0. The molecule has 0 saturated carbocycles. The summed E-state index contributed by atoms with van der Waals surface area (Å²) in [5.41, 5.74) is 3.07. The number of anilines is 2. The fraction of sp³-hybridized carbons (Fsp3) is 0.346. The first kappa shape index (κ1) is 22.0. The third kappa shape index (κ3) is 4.11. The number of fused-ring (bicyclic) bond motifs is 2. The highest BCUT2D eigenvalue weighted by atomic mass is 16.5. The second kappa shape index (κ2) is 9.21. The van der Waals surface area contributed by atoms with E-state index in [0.29, 0.717) is 45.3 Å². The van der Waals surface area contributed by atoms with E-state index in [1.165, 1.54) is 6.08 Å². The molecule has 176 valence electrons. The van der Waals surface area contributed by atoms with Crippen LogP contribution in [-0.2, 0) is 17.8 Å². The molecule has 0 unspecified atom stereocenters. The average Bonchev–Trinajstić information content (AvgIpc) is 2.87. The van der Waals surface area contributed by atoms with Crippen molar-refractivity contribution in [3.05, 3.63) is 60.3 Å². The summed E-state index contributed by atoms with van der Waals surface area (Å²) in [4.78, 5) is 27.8. The van der Waals surface area contributed by atoms with E-state index >= 15 is 0 Å². The fourth-order valence-electron chi connectivity index (χ4n) is 4.85. The first-order valence-electron chi connectivity index (χ1n) is 11.7. The summed E-state index contributed by atoms with van der Waals surface area (Å²) in [5.74, 6) is 1.12. The predicted molar refractivity (Wildman–Crippen MR) is 133 cm³/mol. The van der Waals surface area contributed by atoms with Crippen LogP contribution in [0.25, 0.3) is 10.8 Å². The van der Waals surface area contributed by atoms with Crippen molar-refractivity contribution in [1.29, 1.82) is 0 Å². The van der Waals surface area contributed by atoms with E-state index < -0.39 is 0 Å². The Hall–Kier alpha value is -3.81. The summed E-state index contributed by atoms with van der Waals surface area (Å²) < 4.78 is 5.73. The number of hydrogen-bond donors (Lipinski definition) is 1. The summed E-state index contributed by atoms with van der Waals surface area (Å²) in [6.07, 6.45) is 2.15. The quantitative estimate of drug-likeness (QED) is 0.587. The van der Waals surface area contributed by atoms with Gasteiger partial charge in [0.15, 0.2) is 0 Å². The van der Waals surface area contributed by atoms with E-state index in [4.69, 9.17) is 14.7 Å². The van der Waals surface area contributed by atoms with Gasteiger partial charge in [-0.15, -0.1) is 0 Å². The average molecular weight is 460 g/mol. The summed E-state index contributed by atoms with van der Waals surface area (Å²) in [5, 5.41) is 12.4. The maximum absolute atomic E-state index is 12.0. The molecule has 1 N–H and O–H groups in total. The van der Waals surface area contributed by atoms with Crippen molar-refractivity contribution in [1.82, 2.24) is 14.9 Å². The van der Waals surface area contributed by atoms with Crippen LogP contribution in [0.15, 0.2) is 49.1 Å². The monoisotopic (exact) mass is 459 g/mol. The molecule has 8 heteroatoms. The van der Waals surface area contributed by atoms with Gasteiger partial charge in [-0.05, 0) is 30.9 Å². The Morgan fingerprint density at radius 3 is 2.68 bits per heavy atom. The molecule has 0 spiro atoms. The van der Waals surface area contributed by atoms with Crippen LogP contribution in [0.2, 0.25) is 0 Å². The van der Waals surface area contributed by atoms with Gasteiger partial charge in [-0.2, -0.15) is 9.97 Å². The third-order valence-electron chi connectivity index (χ3n) is 6.53. The van der Waals surface area contributed by atoms with E-state index in [9.17, 15) is 9.90 Å². The molecule has 1 aromatic heterocycles. The molecule has 1 saturated heterocycles. The molecule has 3 heterocycles. The Labute approximate surface area is 199 Å². The minimum Gasteiger partial charge on any atom is -0.508 e. The van der Waals surface area contributed by atoms with Gasteiger partial charge in [0.1, 0.15) is 11.6 Å². The van der Waals surface area contributed by atoms with Crippen LogP contribution >= 0.6 is 0 Å². The lowest BCUT2D eigenvalue weighted by Gasteiger charge is -2.38. The maximum Gasteiger partial charge on any atom is 0.318 e. The molecule has 0 atom stereocenters. The molecule has 0 bridgehead atoms. The summed E-state index contributed by atoms with van der Waals surface area (Å²) in [7, 11) is 0. The minimum atomic E-state index is -0.0339. The molecule has 5 rings (SSSR count). The molecule has 0 aliphatic carbocycles. The van der Waals surface area contributed by atoms with E-state index in [2.05, 4.69) is 22.4 Å². The highest BCUT2D eigenvalue weighted by molar-refractivity contribution is 5.95. The van der Waals surface area contributed by atoms with Gasteiger partial charge in [-0.1, -0.05) is 30.8 Å². The first-order chi connectivity index (χ1) is 16.6. The number of aromatic nitrogens is 2. The Balaban J connectivity index is 1.47. The number of aromatic hydroxyl groups is 1. The van der Waals surface area contributed by atoms with Gasteiger partial charge in [0.2, 0.25) is 5.91 Å². The zero-order valence-corrected chi connectivity index (χ0v) is 19.4. The van der Waals surface area contributed by atoms with E-state index in [-0.39, 0.29) is 11.7 Å². The predicted octanol–water partition coefficient (Wildman–Crippen LogP) is 3.13. The van der Waals surface area contributed by atoms with Gasteiger partial charge in [0, 0.05) is 55.4 Å². The molecule has 1 amide bonds. The molecule has 3 aromatic rings. The number of ether oxygens (including phenoxy) is 1. The summed E-state index contributed by atoms with van der Waals surface area (Å²) >= 11 is 0. The smallest absolute Gasteiger partial charge is 0.318 e. The normalized spacial score (nSPS) is 15.9. The Morgan fingerprint density at radius 2 is 1.91 bits per heavy atom. The lowest BCUT2D eigenvalue weighted by Crippen LogP contribution is -2.49. The highest BCUT2D eigenvalue weighted by Crippen LogP contribution is 2.36. The van der Waals surface area contributed by atoms with Gasteiger partial charge in [0.05, 0.1) is 18.8 Å². The van der Waals surface area contributed by atoms with Crippen LogP contribution in [0.4, 0.5) is 11.5 Å². The molecule has 2 aliphatic rings. The van der Waals surface area contributed by atoms with E-state index in [1.54, 1.807) is 6.07 Å². The zero-order valence-electron chi connectivity index (χ0n) is 19.4. The number of phenols is 1. The summed E-state index contributed by atoms with van der Waals surface area (Å²) in [6, 6.07) is 12.1. The number of nitrogens with zero attached hydrogens (tertiary/aromatic N) is 5. The van der Waals surface area contributed by atoms with Crippen LogP contribution in [0.3, 0.4) is 0 Å². The SMILES string of the molecule is C=CC(=O)N1CCN(c2nc(OCC)nc3c2CCN(c2cc(O)cc4ccccc24)C3)CC1. The Kier molecular flexibility index (Phi) is 5.96. The zero-order chi connectivity index (χ0) is 23.7. The standard InChI is InChI=1S/C26H29N5O3/c1-3-24(33)29-11-13-30(14-12-29)25-21-9-10-31(17-22(21)27-26(28-25)34-4-2)23-16-19(32)15-18-7-5-6-8-20(18)23/h3,5-8,15-16,32H,1,4,9-14,17H2,2H3. The lowest BCUT2D eigenvalue weighted by molar-refractivity contribution is -0.126. The number of piperazine rings is 1. The Morgan fingerprint density at radius 1 is 1.12 bits per heavy atom. The van der Waals surface area contributed by atoms with Crippen molar-refractivity contribution >= 4 is 28.2 Å². The number of carbonyl (C=O) groups is 1. The van der Waals surface area contributed by atoms with Gasteiger partial charge in [0.25, 0.3) is 0 Å². The van der Waals surface area contributed by atoms with Gasteiger partial charge < -0.3 is 24.5 Å². The van der Waals surface area contributed by atoms with Crippen molar-refractivity contribution in [2.24, 2.45) is 0 Å². The molecule has 1 fully saturated rings. The maximum atomic E-state index is 12.0. The number of benzene rings is 2. The molecular formula is C26H29N5O3. The molecule has 8 nitrogen and oxygen atoms in total. The van der Waals surface area contributed by atoms with Gasteiger partial charge in [-0.3, -0.25) is 4.79 Å². The number of phenolic OH excluding ortho intramolecular Hbond substituents is 1. The van der Waals surface area contributed by atoms with Crippen LogP contribution < -0.4 is 14.5 Å². The van der Waals surface area contributed by atoms with E-state index in [1.807, 2.05) is 36.1 Å². The van der Waals surface area contributed by atoms with Crippen molar-refractivity contribution in [2.75, 3.05) is 49.1 Å². The number of hydrogen-bond acceptors (Lipinski definition) is 7. The van der Waals surface area contributed by atoms with Crippen molar-refractivity contribution < 1.29 is 14.6 Å². The van der Waals surface area contributed by atoms with Crippen molar-refractivity contribution in [2.45, 2.75) is 19.9 Å². The molecule has 2 aromatic carbocycles. The van der Waals surface area contributed by atoms with Gasteiger partial charge >= 0.3 is 6.01 Å². The molecule has 34 heavy (non-hydrogen) atoms. The molecule has 2 aliphatic heterocycles. The number of carbonyl (C=O) groups excluding carboxylic acids is 1. The van der Waals surface area contributed by atoms with Crippen LogP contribution in [0, 0.1) is 0 Å². The summed E-state index contributed by atoms with van der Waals surface area (Å²) in [6.45, 7) is 10.1. The van der Waals surface area contributed by atoms with Crippen LogP contribution in [0.5, 0.6) is 11.8 Å². The van der Waals surface area contributed by atoms with E-state index in [0.717, 1.165) is 46.5 Å². The second-order valence-electron chi connectivity index (χ2n) is 8.56. The highest BCUT2D eigenvalue weighted by Gasteiger charge is 2.29. The van der Waals surface area contributed by atoms with Crippen molar-refractivity contribution in [3.63, 3.8) is 0 Å². The first-order valence-corrected chi connectivity index (χ1v) is 11.7. The minimum absolute atomic E-state index is 0.0339. The third-order valence-corrected chi connectivity index (χ3v) is 6.53. The molecule has 0 radical (unpaired) electrons. The Bertz CT molecular complexity index is 1240. The largest absolute Gasteiger partial charge is 0.508 e.